The van der Waals surface area contributed by atoms with Gasteiger partial charge in [0.1, 0.15) is 6.04 Å². The van der Waals surface area contributed by atoms with Gasteiger partial charge in [-0.25, -0.2) is 8.78 Å². The molecule has 0 aliphatic carbocycles. The average molecular weight is 287 g/mol. The van der Waals surface area contributed by atoms with E-state index < -0.39 is 42.9 Å². The first-order valence-corrected chi connectivity index (χ1v) is 4.33. The summed E-state index contributed by atoms with van der Waals surface area (Å²) >= 11 is 0. The van der Waals surface area contributed by atoms with E-state index in [1.54, 1.807) is 0 Å². The van der Waals surface area contributed by atoms with E-state index in [9.17, 15) is 39.9 Å². The molecular formula is C7H5F8NO2. The molecule has 1 atom stereocenters. The van der Waals surface area contributed by atoms with E-state index in [2.05, 4.69) is 4.74 Å². The first kappa shape index (κ1) is 14.9. The van der Waals surface area contributed by atoms with Gasteiger partial charge >= 0.3 is 24.0 Å². The zero-order valence-corrected chi connectivity index (χ0v) is 8.20. The summed E-state index contributed by atoms with van der Waals surface area (Å²) in [6.07, 6.45) is -16.8. The number of cyclic esters (lactones) is 1. The topological polar surface area (TPSA) is 38.3 Å². The predicted molar refractivity (Wildman–Crippen MR) is 38.5 cm³/mol. The van der Waals surface area contributed by atoms with Gasteiger partial charge in [-0.15, -0.1) is 0 Å². The Morgan fingerprint density at radius 3 is 1.89 bits per heavy atom. The molecule has 0 aromatic carbocycles. The van der Waals surface area contributed by atoms with Crippen LogP contribution in [0.15, 0.2) is 0 Å². The van der Waals surface area contributed by atoms with E-state index in [0.717, 1.165) is 5.32 Å². The van der Waals surface area contributed by atoms with Crippen molar-refractivity contribution in [1.82, 2.24) is 5.32 Å². The van der Waals surface area contributed by atoms with E-state index in [4.69, 9.17) is 0 Å². The minimum atomic E-state index is -6.02. The van der Waals surface area contributed by atoms with Crippen LogP contribution in [0.2, 0.25) is 0 Å². The monoisotopic (exact) mass is 287 g/mol. The molecule has 0 bridgehead atoms. The highest BCUT2D eigenvalue weighted by Crippen LogP contribution is 2.47. The molecule has 106 valence electrons. The number of hydrogen-bond acceptors (Lipinski definition) is 3. The van der Waals surface area contributed by atoms with Crippen LogP contribution in [-0.2, 0) is 9.53 Å². The molecule has 1 heterocycles. The van der Waals surface area contributed by atoms with Crippen LogP contribution in [0.4, 0.5) is 35.1 Å². The molecule has 0 radical (unpaired) electrons. The van der Waals surface area contributed by atoms with Gasteiger partial charge < -0.3 is 4.74 Å². The summed E-state index contributed by atoms with van der Waals surface area (Å²) in [6.45, 7) is 0. The number of esters is 1. The normalized spacial score (nSPS) is 24.5. The van der Waals surface area contributed by atoms with Crippen molar-refractivity contribution in [1.29, 1.82) is 0 Å². The second-order valence-corrected chi connectivity index (χ2v) is 3.42. The van der Waals surface area contributed by atoms with Gasteiger partial charge in [0.2, 0.25) is 6.43 Å². The summed E-state index contributed by atoms with van der Waals surface area (Å²) in [4.78, 5) is 10.8. The number of carbonyl (C=O) groups is 1. The molecule has 0 spiro atoms. The first-order chi connectivity index (χ1) is 7.91. The van der Waals surface area contributed by atoms with Gasteiger partial charge in [0.05, 0.1) is 0 Å². The Bertz CT molecular complexity index is 321. The van der Waals surface area contributed by atoms with Crippen LogP contribution in [0.3, 0.4) is 0 Å². The van der Waals surface area contributed by atoms with Gasteiger partial charge in [-0.2, -0.15) is 26.3 Å². The van der Waals surface area contributed by atoms with Crippen LogP contribution in [0.5, 0.6) is 0 Å². The van der Waals surface area contributed by atoms with Crippen molar-refractivity contribution in [2.24, 2.45) is 0 Å². The van der Waals surface area contributed by atoms with Gasteiger partial charge in [-0.05, 0) is 0 Å². The molecule has 3 nitrogen and oxygen atoms in total. The molecular weight excluding hydrogens is 282 g/mol. The van der Waals surface area contributed by atoms with Gasteiger partial charge in [0.25, 0.3) is 0 Å². The van der Waals surface area contributed by atoms with E-state index in [-0.39, 0.29) is 0 Å². The lowest BCUT2D eigenvalue weighted by Gasteiger charge is -2.31. The van der Waals surface area contributed by atoms with E-state index >= 15 is 0 Å². The second kappa shape index (κ2) is 4.21. The Labute approximate surface area is 94.1 Å². The highest BCUT2D eigenvalue weighted by atomic mass is 19.4. The lowest BCUT2D eigenvalue weighted by atomic mass is 10.1. The summed E-state index contributed by atoms with van der Waals surface area (Å²) in [5.74, 6) is -2.02. The molecule has 0 unspecified atom stereocenters. The number of ether oxygens (including phenoxy) is 1. The van der Waals surface area contributed by atoms with Gasteiger partial charge in [-0.1, -0.05) is 0 Å². The van der Waals surface area contributed by atoms with Gasteiger partial charge in [0.15, 0.2) is 0 Å². The highest BCUT2D eigenvalue weighted by Gasteiger charge is 2.78. The van der Waals surface area contributed by atoms with Crippen LogP contribution in [0, 0.1) is 0 Å². The predicted octanol–water partition coefficient (Wildman–Crippen LogP) is 1.98. The quantitative estimate of drug-likeness (QED) is 0.623. The lowest BCUT2D eigenvalue weighted by molar-refractivity contribution is -0.369. The third-order valence-electron chi connectivity index (χ3n) is 2.13. The lowest BCUT2D eigenvalue weighted by Crippen LogP contribution is -2.65. The molecule has 1 N–H and O–H groups in total. The maximum absolute atomic E-state index is 12.3. The maximum atomic E-state index is 12.3. The number of rotatable bonds is 2. The van der Waals surface area contributed by atoms with Crippen molar-refractivity contribution in [3.05, 3.63) is 0 Å². The van der Waals surface area contributed by atoms with E-state index in [0.29, 0.717) is 0 Å². The highest BCUT2D eigenvalue weighted by molar-refractivity contribution is 5.78. The largest absolute Gasteiger partial charge is 0.452 e. The minimum absolute atomic E-state index is 0.764. The van der Waals surface area contributed by atoms with Crippen molar-refractivity contribution in [3.63, 3.8) is 0 Å². The zero-order chi connectivity index (χ0) is 14.4. The fourth-order valence-corrected chi connectivity index (χ4v) is 1.33. The Morgan fingerprint density at radius 2 is 1.61 bits per heavy atom. The van der Waals surface area contributed by atoms with Crippen molar-refractivity contribution in [2.75, 3.05) is 0 Å². The van der Waals surface area contributed by atoms with Crippen LogP contribution in [0.1, 0.15) is 6.42 Å². The van der Waals surface area contributed by atoms with Crippen molar-refractivity contribution in [2.45, 2.75) is 37.0 Å². The molecule has 1 saturated heterocycles. The number of halogens is 8. The molecule has 1 aliphatic heterocycles. The van der Waals surface area contributed by atoms with Crippen LogP contribution >= 0.6 is 0 Å². The molecule has 0 amide bonds. The summed E-state index contributed by atoms with van der Waals surface area (Å²) in [6, 6.07) is -2.37. The molecule has 1 aliphatic rings. The van der Waals surface area contributed by atoms with Crippen molar-refractivity contribution < 1.29 is 44.7 Å². The van der Waals surface area contributed by atoms with Crippen molar-refractivity contribution >= 4 is 5.97 Å². The third-order valence-corrected chi connectivity index (χ3v) is 2.13. The second-order valence-electron chi connectivity index (χ2n) is 3.42. The standard InChI is InChI=1S/C7H5F8NO2/c8-3(9)1-2-4(17)18-5(16-2,6(10,11)12)7(13,14)15/h2-3,16H,1H2/t2-/m0/s1. The minimum Gasteiger partial charge on any atom is -0.424 e. The summed E-state index contributed by atoms with van der Waals surface area (Å²) < 4.78 is 101. The summed E-state index contributed by atoms with van der Waals surface area (Å²) in [5, 5.41) is 0.764. The smallest absolute Gasteiger partial charge is 0.424 e. The van der Waals surface area contributed by atoms with Crippen LogP contribution in [-0.4, -0.2) is 36.5 Å². The van der Waals surface area contributed by atoms with Gasteiger partial charge in [0, 0.05) is 6.42 Å². The Kier molecular flexibility index (Phi) is 3.49. The average Bonchev–Trinajstić information content (AvgIpc) is 2.41. The molecule has 1 fully saturated rings. The number of hydrogen-bond donors (Lipinski definition) is 1. The first-order valence-electron chi connectivity index (χ1n) is 4.33. The van der Waals surface area contributed by atoms with Crippen LogP contribution < -0.4 is 5.32 Å². The Morgan fingerprint density at radius 1 is 1.17 bits per heavy atom. The molecule has 11 heteroatoms. The molecule has 1 rings (SSSR count). The zero-order valence-electron chi connectivity index (χ0n) is 8.20. The fraction of sp³-hybridized carbons (Fsp3) is 0.857. The number of nitrogens with one attached hydrogen (secondary N) is 1. The molecule has 0 aromatic rings. The van der Waals surface area contributed by atoms with Crippen molar-refractivity contribution in [3.8, 4) is 0 Å². The maximum Gasteiger partial charge on any atom is 0.452 e. The number of carbonyl (C=O) groups excluding carboxylic acids is 1. The summed E-state index contributed by atoms with van der Waals surface area (Å²) in [7, 11) is 0. The molecule has 0 aromatic heterocycles. The van der Waals surface area contributed by atoms with E-state index in [1.807, 2.05) is 0 Å². The van der Waals surface area contributed by atoms with E-state index in [1.165, 1.54) is 0 Å². The molecule has 0 saturated carbocycles. The number of alkyl halides is 8. The van der Waals surface area contributed by atoms with Gasteiger partial charge in [-0.3, -0.25) is 10.1 Å². The van der Waals surface area contributed by atoms with Crippen LogP contribution in [0.25, 0.3) is 0 Å². The third kappa shape index (κ3) is 2.35. The SMILES string of the molecule is O=C1OC(C(F)(F)F)(C(F)(F)F)N[C@H]1CC(F)F. The Hall–Kier alpha value is -1.13. The molecule has 18 heavy (non-hydrogen) atoms. The fourth-order valence-electron chi connectivity index (χ4n) is 1.33. The Balaban J connectivity index is 3.08. The summed E-state index contributed by atoms with van der Waals surface area (Å²) in [5.41, 5.74) is -4.93.